The van der Waals surface area contributed by atoms with Crippen molar-refractivity contribution in [2.75, 3.05) is 13.2 Å². The zero-order chi connectivity index (χ0) is 14.5. The van der Waals surface area contributed by atoms with Crippen molar-refractivity contribution >= 4 is 5.91 Å². The topological polar surface area (TPSA) is 49.8 Å². The van der Waals surface area contributed by atoms with E-state index in [9.17, 15) is 9.90 Å². The summed E-state index contributed by atoms with van der Waals surface area (Å²) in [4.78, 5) is 14.2. The highest BCUT2D eigenvalue weighted by molar-refractivity contribution is 5.77. The predicted molar refractivity (Wildman–Crippen MR) is 76.0 cm³/mol. The van der Waals surface area contributed by atoms with Crippen molar-refractivity contribution in [2.24, 2.45) is 0 Å². The number of carbonyl (C=O) groups is 1. The van der Waals surface area contributed by atoms with Gasteiger partial charge >= 0.3 is 0 Å². The van der Waals surface area contributed by atoms with Crippen LogP contribution in [0.5, 0.6) is 0 Å². The largest absolute Gasteiger partial charge is 0.393 e. The summed E-state index contributed by atoms with van der Waals surface area (Å²) >= 11 is 0. The lowest BCUT2D eigenvalue weighted by molar-refractivity contribution is -0.143. The Morgan fingerprint density at radius 1 is 1.37 bits per heavy atom. The van der Waals surface area contributed by atoms with Gasteiger partial charge in [-0.1, -0.05) is 12.8 Å². The summed E-state index contributed by atoms with van der Waals surface area (Å²) in [6.45, 7) is 8.59. The SMILES string of the molecule is CC(O)CC1CCCCCN1C(=O)COC(C)(C)C. The number of hydrogen-bond acceptors (Lipinski definition) is 3. The fourth-order valence-electron chi connectivity index (χ4n) is 2.51. The molecule has 0 radical (unpaired) electrons. The van der Waals surface area contributed by atoms with E-state index >= 15 is 0 Å². The minimum atomic E-state index is -0.359. The van der Waals surface area contributed by atoms with E-state index in [1.807, 2.05) is 25.7 Å². The van der Waals surface area contributed by atoms with Gasteiger partial charge in [-0.3, -0.25) is 4.79 Å². The Kier molecular flexibility index (Phi) is 6.27. The zero-order valence-electron chi connectivity index (χ0n) is 12.8. The number of aliphatic hydroxyl groups is 1. The molecule has 0 bridgehead atoms. The van der Waals surface area contributed by atoms with Gasteiger partial charge in [0.2, 0.25) is 5.91 Å². The quantitative estimate of drug-likeness (QED) is 0.854. The minimum Gasteiger partial charge on any atom is -0.393 e. The van der Waals surface area contributed by atoms with Crippen molar-refractivity contribution in [1.82, 2.24) is 4.90 Å². The third-order valence-electron chi connectivity index (χ3n) is 3.44. The molecule has 112 valence electrons. The third kappa shape index (κ3) is 6.39. The normalized spacial score (nSPS) is 23.0. The van der Waals surface area contributed by atoms with Gasteiger partial charge in [0.15, 0.2) is 0 Å². The average molecular weight is 271 g/mol. The second-order valence-electron chi connectivity index (χ2n) is 6.58. The Bertz CT molecular complexity index is 284. The summed E-state index contributed by atoms with van der Waals surface area (Å²) in [6, 6.07) is 0.165. The van der Waals surface area contributed by atoms with Gasteiger partial charge < -0.3 is 14.7 Å². The van der Waals surface area contributed by atoms with Crippen molar-refractivity contribution in [3.63, 3.8) is 0 Å². The average Bonchev–Trinajstić information content (AvgIpc) is 2.49. The summed E-state index contributed by atoms with van der Waals surface area (Å²) in [5, 5.41) is 9.59. The molecule has 4 nitrogen and oxygen atoms in total. The Labute approximate surface area is 117 Å². The Hall–Kier alpha value is -0.610. The monoisotopic (exact) mass is 271 g/mol. The molecular formula is C15H29NO3. The van der Waals surface area contributed by atoms with Crippen molar-refractivity contribution in [2.45, 2.75) is 77.5 Å². The Balaban J connectivity index is 2.60. The number of hydrogen-bond donors (Lipinski definition) is 1. The highest BCUT2D eigenvalue weighted by Crippen LogP contribution is 2.21. The highest BCUT2D eigenvalue weighted by Gasteiger charge is 2.27. The number of likely N-dealkylation sites (tertiary alicyclic amines) is 1. The van der Waals surface area contributed by atoms with Crippen molar-refractivity contribution in [3.8, 4) is 0 Å². The molecule has 1 N–H and O–H groups in total. The van der Waals surface area contributed by atoms with Crippen LogP contribution in [0.3, 0.4) is 0 Å². The van der Waals surface area contributed by atoms with E-state index in [2.05, 4.69) is 0 Å². The van der Waals surface area contributed by atoms with Gasteiger partial charge in [-0.05, 0) is 47.0 Å². The van der Waals surface area contributed by atoms with E-state index < -0.39 is 0 Å². The molecule has 1 aliphatic rings. The first-order valence-electron chi connectivity index (χ1n) is 7.41. The van der Waals surface area contributed by atoms with Crippen LogP contribution in [0.1, 0.15) is 59.8 Å². The molecule has 0 spiro atoms. The van der Waals surface area contributed by atoms with Gasteiger partial charge in [0.1, 0.15) is 6.61 Å². The van der Waals surface area contributed by atoms with Gasteiger partial charge in [-0.15, -0.1) is 0 Å². The van der Waals surface area contributed by atoms with Crippen LogP contribution in [0.15, 0.2) is 0 Å². The van der Waals surface area contributed by atoms with E-state index in [-0.39, 0.29) is 30.3 Å². The predicted octanol–water partition coefficient (Wildman–Crippen LogP) is 2.34. The second-order valence-corrected chi connectivity index (χ2v) is 6.58. The zero-order valence-corrected chi connectivity index (χ0v) is 12.8. The standard InChI is InChI=1S/C15H29NO3/c1-12(17)10-13-8-6-5-7-9-16(13)14(18)11-19-15(2,3)4/h12-13,17H,5-11H2,1-4H3. The number of amides is 1. The molecular weight excluding hydrogens is 242 g/mol. The Morgan fingerprint density at radius 3 is 2.63 bits per heavy atom. The first kappa shape index (κ1) is 16.4. The summed E-state index contributed by atoms with van der Waals surface area (Å²) in [5.74, 6) is 0.0578. The van der Waals surface area contributed by atoms with Crippen molar-refractivity contribution in [3.05, 3.63) is 0 Å². The first-order valence-corrected chi connectivity index (χ1v) is 7.41. The maximum Gasteiger partial charge on any atom is 0.248 e. The molecule has 0 aromatic carbocycles. The van der Waals surface area contributed by atoms with Crippen LogP contribution in [0, 0.1) is 0 Å². The van der Waals surface area contributed by atoms with Crippen LogP contribution in [-0.4, -0.2) is 46.8 Å². The van der Waals surface area contributed by atoms with E-state index in [0.717, 1.165) is 25.8 Å². The van der Waals surface area contributed by atoms with Crippen LogP contribution in [0.4, 0.5) is 0 Å². The van der Waals surface area contributed by atoms with Gasteiger partial charge in [0.05, 0.1) is 11.7 Å². The van der Waals surface area contributed by atoms with Crippen molar-refractivity contribution < 1.29 is 14.6 Å². The molecule has 2 atom stereocenters. The maximum absolute atomic E-state index is 12.3. The van der Waals surface area contributed by atoms with Gasteiger partial charge in [0.25, 0.3) is 0 Å². The Morgan fingerprint density at radius 2 is 2.05 bits per heavy atom. The molecule has 0 aliphatic carbocycles. The molecule has 1 saturated heterocycles. The summed E-state index contributed by atoms with van der Waals surface area (Å²) in [7, 11) is 0. The first-order chi connectivity index (χ1) is 8.79. The lowest BCUT2D eigenvalue weighted by Gasteiger charge is -2.32. The molecule has 0 aromatic rings. The molecule has 0 saturated carbocycles. The van der Waals surface area contributed by atoms with Crippen LogP contribution in [0.25, 0.3) is 0 Å². The number of rotatable bonds is 4. The minimum absolute atomic E-state index is 0.0578. The van der Waals surface area contributed by atoms with E-state index in [0.29, 0.717) is 6.42 Å². The number of ether oxygens (including phenoxy) is 1. The molecule has 2 unspecified atom stereocenters. The summed E-state index contributed by atoms with van der Waals surface area (Å²) in [5.41, 5.74) is -0.290. The third-order valence-corrected chi connectivity index (χ3v) is 3.44. The highest BCUT2D eigenvalue weighted by atomic mass is 16.5. The van der Waals surface area contributed by atoms with Gasteiger partial charge in [0, 0.05) is 12.6 Å². The van der Waals surface area contributed by atoms with E-state index in [4.69, 9.17) is 4.74 Å². The van der Waals surface area contributed by atoms with Crippen LogP contribution in [0.2, 0.25) is 0 Å². The molecule has 19 heavy (non-hydrogen) atoms. The van der Waals surface area contributed by atoms with Gasteiger partial charge in [-0.2, -0.15) is 0 Å². The lowest BCUT2D eigenvalue weighted by Crippen LogP contribution is -2.44. The van der Waals surface area contributed by atoms with Crippen LogP contribution < -0.4 is 0 Å². The van der Waals surface area contributed by atoms with E-state index in [1.54, 1.807) is 6.92 Å². The van der Waals surface area contributed by atoms with Gasteiger partial charge in [-0.25, -0.2) is 0 Å². The maximum atomic E-state index is 12.3. The number of aliphatic hydroxyl groups excluding tert-OH is 1. The van der Waals surface area contributed by atoms with E-state index in [1.165, 1.54) is 6.42 Å². The fraction of sp³-hybridized carbons (Fsp3) is 0.933. The molecule has 0 aromatic heterocycles. The van der Waals surface area contributed by atoms with Crippen molar-refractivity contribution in [1.29, 1.82) is 0 Å². The number of nitrogens with zero attached hydrogens (tertiary/aromatic N) is 1. The lowest BCUT2D eigenvalue weighted by atomic mass is 10.0. The summed E-state index contributed by atoms with van der Waals surface area (Å²) < 4.78 is 5.58. The summed E-state index contributed by atoms with van der Waals surface area (Å²) in [6.07, 6.45) is 4.66. The molecule has 1 aliphatic heterocycles. The smallest absolute Gasteiger partial charge is 0.248 e. The fourth-order valence-corrected chi connectivity index (χ4v) is 2.51. The number of carbonyl (C=O) groups excluding carboxylic acids is 1. The molecule has 1 heterocycles. The van der Waals surface area contributed by atoms with Crippen LogP contribution in [-0.2, 0) is 9.53 Å². The molecule has 1 rings (SSSR count). The molecule has 1 amide bonds. The molecule has 4 heteroatoms. The second kappa shape index (κ2) is 7.25. The van der Waals surface area contributed by atoms with Crippen LogP contribution >= 0.6 is 0 Å². The molecule has 1 fully saturated rings.